The zero-order valence-electron chi connectivity index (χ0n) is 11.2. The van der Waals surface area contributed by atoms with Gasteiger partial charge in [0.05, 0.1) is 0 Å². The zero-order valence-corrected chi connectivity index (χ0v) is 11.2. The van der Waals surface area contributed by atoms with Crippen LogP contribution in [-0.2, 0) is 0 Å². The second kappa shape index (κ2) is 12.5. The van der Waals surface area contributed by atoms with Gasteiger partial charge >= 0.3 is 0 Å². The lowest BCUT2D eigenvalue weighted by atomic mass is 10.1. The third-order valence-electron chi connectivity index (χ3n) is 2.72. The normalized spacial score (nSPS) is 11.8. The van der Waals surface area contributed by atoms with Crippen LogP contribution in [0.5, 0.6) is 0 Å². The second-order valence-corrected chi connectivity index (χ2v) is 4.48. The molecule has 0 saturated heterocycles. The van der Waals surface area contributed by atoms with E-state index in [0.29, 0.717) is 0 Å². The standard InChI is InChI=1S/C15H29N/c1-4-6-7-8-9-11-15(3)12-10-14-16-13-5-2/h4,12,16H,1,5-11,13-14H2,2-3H3/b15-12-. The van der Waals surface area contributed by atoms with E-state index in [1.807, 2.05) is 6.08 Å². The molecule has 0 unspecified atom stereocenters. The number of hydrogen-bond donors (Lipinski definition) is 1. The Hall–Kier alpha value is -0.560. The molecule has 0 aliphatic rings. The first-order valence-corrected chi connectivity index (χ1v) is 6.78. The van der Waals surface area contributed by atoms with Gasteiger partial charge in [0.2, 0.25) is 0 Å². The van der Waals surface area contributed by atoms with Gasteiger partial charge in [0.1, 0.15) is 0 Å². The van der Waals surface area contributed by atoms with Gasteiger partial charge in [-0.1, -0.05) is 31.1 Å². The van der Waals surface area contributed by atoms with Crippen LogP contribution in [0, 0.1) is 0 Å². The predicted octanol–water partition coefficient (Wildman–Crippen LogP) is 4.46. The Balaban J connectivity index is 3.30. The van der Waals surface area contributed by atoms with Gasteiger partial charge in [0.25, 0.3) is 0 Å². The second-order valence-electron chi connectivity index (χ2n) is 4.48. The van der Waals surface area contributed by atoms with E-state index < -0.39 is 0 Å². The lowest BCUT2D eigenvalue weighted by Crippen LogP contribution is -2.15. The van der Waals surface area contributed by atoms with E-state index in [9.17, 15) is 0 Å². The van der Waals surface area contributed by atoms with Crippen molar-refractivity contribution < 1.29 is 0 Å². The molecular weight excluding hydrogens is 194 g/mol. The maximum Gasteiger partial charge on any atom is -0.00142 e. The molecule has 0 spiro atoms. The summed E-state index contributed by atoms with van der Waals surface area (Å²) in [4.78, 5) is 0. The van der Waals surface area contributed by atoms with Crippen LogP contribution in [0.3, 0.4) is 0 Å². The first-order valence-electron chi connectivity index (χ1n) is 6.78. The van der Waals surface area contributed by atoms with Gasteiger partial charge in [-0.15, -0.1) is 6.58 Å². The summed E-state index contributed by atoms with van der Waals surface area (Å²) >= 11 is 0. The fourth-order valence-corrected chi connectivity index (χ4v) is 1.69. The Bertz CT molecular complexity index is 182. The van der Waals surface area contributed by atoms with E-state index in [4.69, 9.17) is 0 Å². The lowest BCUT2D eigenvalue weighted by Gasteiger charge is -2.02. The Kier molecular flexibility index (Phi) is 12.1. The molecule has 0 rings (SSSR count). The topological polar surface area (TPSA) is 12.0 Å². The van der Waals surface area contributed by atoms with Crippen molar-refractivity contribution >= 4 is 0 Å². The molecule has 0 amide bonds. The van der Waals surface area contributed by atoms with E-state index in [2.05, 4.69) is 31.8 Å². The molecule has 0 aromatic heterocycles. The number of allylic oxidation sites excluding steroid dienone is 2. The Labute approximate surface area is 102 Å². The smallest absolute Gasteiger partial charge is 0.00142 e. The summed E-state index contributed by atoms with van der Waals surface area (Å²) < 4.78 is 0. The van der Waals surface area contributed by atoms with Crippen LogP contribution in [0.4, 0.5) is 0 Å². The van der Waals surface area contributed by atoms with Gasteiger partial charge in [-0.2, -0.15) is 0 Å². The number of rotatable bonds is 11. The highest BCUT2D eigenvalue weighted by atomic mass is 14.8. The number of unbranched alkanes of at least 4 members (excludes halogenated alkanes) is 3. The first-order chi connectivity index (χ1) is 7.81. The highest BCUT2D eigenvalue weighted by Crippen LogP contribution is 2.10. The summed E-state index contributed by atoms with van der Waals surface area (Å²) in [7, 11) is 0. The average Bonchev–Trinajstić information content (AvgIpc) is 2.28. The molecule has 1 nitrogen and oxygen atoms in total. The monoisotopic (exact) mass is 223 g/mol. The van der Waals surface area contributed by atoms with Crippen LogP contribution < -0.4 is 5.32 Å². The molecule has 0 aromatic carbocycles. The highest BCUT2D eigenvalue weighted by Gasteiger charge is 1.91. The van der Waals surface area contributed by atoms with Crippen LogP contribution in [0.15, 0.2) is 24.3 Å². The molecule has 1 N–H and O–H groups in total. The van der Waals surface area contributed by atoms with Crippen LogP contribution in [0.25, 0.3) is 0 Å². The van der Waals surface area contributed by atoms with E-state index in [-0.39, 0.29) is 0 Å². The molecule has 0 saturated carbocycles. The van der Waals surface area contributed by atoms with Gasteiger partial charge in [-0.05, 0) is 58.5 Å². The number of nitrogens with one attached hydrogen (secondary N) is 1. The van der Waals surface area contributed by atoms with Crippen LogP contribution in [0.2, 0.25) is 0 Å². The van der Waals surface area contributed by atoms with Crippen molar-refractivity contribution in [2.75, 3.05) is 13.1 Å². The quantitative estimate of drug-likeness (QED) is 0.403. The first kappa shape index (κ1) is 15.4. The van der Waals surface area contributed by atoms with Gasteiger partial charge in [0.15, 0.2) is 0 Å². The molecular formula is C15H29N. The van der Waals surface area contributed by atoms with Crippen LogP contribution in [0.1, 0.15) is 58.8 Å². The van der Waals surface area contributed by atoms with E-state index in [0.717, 1.165) is 13.1 Å². The molecule has 0 atom stereocenters. The van der Waals surface area contributed by atoms with Gasteiger partial charge in [-0.3, -0.25) is 0 Å². The van der Waals surface area contributed by atoms with Gasteiger partial charge < -0.3 is 5.32 Å². The largest absolute Gasteiger partial charge is 0.316 e. The Morgan fingerprint density at radius 3 is 2.62 bits per heavy atom. The molecule has 0 aliphatic heterocycles. The molecule has 1 heteroatoms. The lowest BCUT2D eigenvalue weighted by molar-refractivity contribution is 0.667. The molecule has 94 valence electrons. The third-order valence-corrected chi connectivity index (χ3v) is 2.72. The molecule has 16 heavy (non-hydrogen) atoms. The molecule has 0 bridgehead atoms. The summed E-state index contributed by atoms with van der Waals surface area (Å²) in [5.41, 5.74) is 1.55. The molecule has 0 aliphatic carbocycles. The minimum absolute atomic E-state index is 1.13. The van der Waals surface area contributed by atoms with Crippen molar-refractivity contribution in [2.45, 2.75) is 58.8 Å². The molecule has 0 aromatic rings. The minimum Gasteiger partial charge on any atom is -0.316 e. The molecule has 0 fully saturated rings. The van der Waals surface area contributed by atoms with Crippen molar-refractivity contribution in [3.8, 4) is 0 Å². The summed E-state index contributed by atoms with van der Waals surface area (Å²) in [6.07, 6.45) is 13.2. The predicted molar refractivity (Wildman–Crippen MR) is 74.8 cm³/mol. The maximum atomic E-state index is 3.74. The Morgan fingerprint density at radius 1 is 1.12 bits per heavy atom. The van der Waals surface area contributed by atoms with Crippen molar-refractivity contribution in [3.05, 3.63) is 24.3 Å². The van der Waals surface area contributed by atoms with E-state index >= 15 is 0 Å². The minimum atomic E-state index is 1.13. The summed E-state index contributed by atoms with van der Waals surface area (Å²) in [5.74, 6) is 0. The zero-order chi connectivity index (χ0) is 12.1. The summed E-state index contributed by atoms with van der Waals surface area (Å²) in [5, 5.41) is 3.42. The van der Waals surface area contributed by atoms with E-state index in [1.54, 1.807) is 5.57 Å². The fourth-order valence-electron chi connectivity index (χ4n) is 1.69. The van der Waals surface area contributed by atoms with Gasteiger partial charge in [0, 0.05) is 0 Å². The van der Waals surface area contributed by atoms with Crippen LogP contribution >= 0.6 is 0 Å². The number of hydrogen-bond acceptors (Lipinski definition) is 1. The SMILES string of the molecule is C=CCCCCC/C(C)=C\CCNCCC. The molecule has 0 heterocycles. The molecule has 0 radical (unpaired) electrons. The van der Waals surface area contributed by atoms with Crippen molar-refractivity contribution in [1.29, 1.82) is 0 Å². The van der Waals surface area contributed by atoms with Crippen LogP contribution in [-0.4, -0.2) is 13.1 Å². The third kappa shape index (κ3) is 11.5. The summed E-state index contributed by atoms with van der Waals surface area (Å²) in [6.45, 7) is 10.5. The summed E-state index contributed by atoms with van der Waals surface area (Å²) in [6, 6.07) is 0. The Morgan fingerprint density at radius 2 is 1.94 bits per heavy atom. The van der Waals surface area contributed by atoms with Gasteiger partial charge in [-0.25, -0.2) is 0 Å². The van der Waals surface area contributed by atoms with E-state index in [1.165, 1.54) is 44.9 Å². The van der Waals surface area contributed by atoms with Crippen molar-refractivity contribution in [3.63, 3.8) is 0 Å². The average molecular weight is 223 g/mol. The van der Waals surface area contributed by atoms with Crippen molar-refractivity contribution in [2.24, 2.45) is 0 Å². The van der Waals surface area contributed by atoms with Crippen molar-refractivity contribution in [1.82, 2.24) is 5.32 Å². The highest BCUT2D eigenvalue weighted by molar-refractivity contribution is 4.97. The fraction of sp³-hybridized carbons (Fsp3) is 0.733. The maximum absolute atomic E-state index is 3.74.